The molecule has 0 aromatic rings. The first-order chi connectivity index (χ1) is 6.81. The van der Waals surface area contributed by atoms with Gasteiger partial charge in [-0.25, -0.2) is 0 Å². The molecule has 1 aliphatic carbocycles. The molecular weight excluding hydrogens is 194 g/mol. The van der Waals surface area contributed by atoms with E-state index in [4.69, 9.17) is 10.5 Å². The van der Waals surface area contributed by atoms with Gasteiger partial charge in [-0.2, -0.15) is 0 Å². The number of aliphatic hydroxyl groups excluding tert-OH is 1. The summed E-state index contributed by atoms with van der Waals surface area (Å²) in [5, 5.41) is 9.62. The first kappa shape index (κ1) is 12.5. The topological polar surface area (TPSA) is 72.5 Å². The maximum absolute atomic E-state index is 11.6. The molecule has 1 unspecified atom stereocenters. The van der Waals surface area contributed by atoms with Crippen molar-refractivity contribution in [2.24, 2.45) is 11.7 Å². The highest BCUT2D eigenvalue weighted by atomic mass is 16.6. The Morgan fingerprint density at radius 1 is 1.47 bits per heavy atom. The number of rotatable bonds is 2. The molecule has 1 fully saturated rings. The van der Waals surface area contributed by atoms with Crippen LogP contribution in [0.1, 0.15) is 40.0 Å². The van der Waals surface area contributed by atoms with Crippen LogP contribution in [0.4, 0.5) is 0 Å². The summed E-state index contributed by atoms with van der Waals surface area (Å²) in [6, 6.07) is -0.693. The van der Waals surface area contributed by atoms with E-state index in [1.807, 2.05) is 20.8 Å². The molecule has 3 atom stereocenters. The van der Waals surface area contributed by atoms with Gasteiger partial charge in [-0.3, -0.25) is 4.79 Å². The zero-order valence-electron chi connectivity index (χ0n) is 9.69. The Hall–Kier alpha value is -0.610. The summed E-state index contributed by atoms with van der Waals surface area (Å²) >= 11 is 0. The van der Waals surface area contributed by atoms with E-state index < -0.39 is 23.7 Å². The number of esters is 1. The van der Waals surface area contributed by atoms with E-state index in [-0.39, 0.29) is 5.92 Å². The van der Waals surface area contributed by atoms with Gasteiger partial charge in [-0.15, -0.1) is 0 Å². The minimum atomic E-state index is -0.693. The molecule has 15 heavy (non-hydrogen) atoms. The van der Waals surface area contributed by atoms with Gasteiger partial charge in [0.05, 0.1) is 6.10 Å². The van der Waals surface area contributed by atoms with Gasteiger partial charge in [0.25, 0.3) is 0 Å². The first-order valence-electron chi connectivity index (χ1n) is 5.48. The quantitative estimate of drug-likeness (QED) is 0.669. The zero-order chi connectivity index (χ0) is 11.6. The van der Waals surface area contributed by atoms with Crippen molar-refractivity contribution in [1.29, 1.82) is 0 Å². The average Bonchev–Trinajstić information content (AvgIpc) is 2.47. The third-order valence-electron chi connectivity index (χ3n) is 2.67. The van der Waals surface area contributed by atoms with Gasteiger partial charge >= 0.3 is 5.97 Å². The number of aliphatic hydroxyl groups is 1. The number of nitrogens with two attached hydrogens (primary N) is 1. The summed E-state index contributed by atoms with van der Waals surface area (Å²) in [6.07, 6.45) is 2.03. The fourth-order valence-corrected chi connectivity index (χ4v) is 1.93. The zero-order valence-corrected chi connectivity index (χ0v) is 9.69. The van der Waals surface area contributed by atoms with E-state index in [0.717, 1.165) is 19.3 Å². The molecule has 3 N–H and O–H groups in total. The predicted molar refractivity (Wildman–Crippen MR) is 57.2 cm³/mol. The molecule has 0 aromatic heterocycles. The number of carbonyl (C=O) groups is 1. The first-order valence-corrected chi connectivity index (χ1v) is 5.48. The second-order valence-corrected chi connectivity index (χ2v) is 5.22. The van der Waals surface area contributed by atoms with Gasteiger partial charge in [0.1, 0.15) is 11.6 Å². The Morgan fingerprint density at radius 2 is 2.07 bits per heavy atom. The van der Waals surface area contributed by atoms with Crippen molar-refractivity contribution in [2.45, 2.75) is 57.8 Å². The van der Waals surface area contributed by atoms with E-state index in [0.29, 0.717) is 0 Å². The van der Waals surface area contributed by atoms with E-state index in [9.17, 15) is 9.90 Å². The summed E-state index contributed by atoms with van der Waals surface area (Å²) in [5.74, 6) is -0.548. The van der Waals surface area contributed by atoms with Gasteiger partial charge in [0.2, 0.25) is 0 Å². The predicted octanol–water partition coefficient (Wildman–Crippen LogP) is 0.816. The van der Waals surface area contributed by atoms with Crippen molar-refractivity contribution in [3.05, 3.63) is 0 Å². The highest BCUT2D eigenvalue weighted by Gasteiger charge is 2.36. The maximum Gasteiger partial charge on any atom is 0.323 e. The van der Waals surface area contributed by atoms with Crippen molar-refractivity contribution in [1.82, 2.24) is 0 Å². The van der Waals surface area contributed by atoms with Crippen LogP contribution in [0.2, 0.25) is 0 Å². The van der Waals surface area contributed by atoms with Gasteiger partial charge in [-0.05, 0) is 33.6 Å². The van der Waals surface area contributed by atoms with E-state index >= 15 is 0 Å². The molecule has 88 valence electrons. The van der Waals surface area contributed by atoms with Crippen LogP contribution in [0.3, 0.4) is 0 Å². The smallest absolute Gasteiger partial charge is 0.323 e. The summed E-state index contributed by atoms with van der Waals surface area (Å²) in [6.45, 7) is 5.42. The summed E-state index contributed by atoms with van der Waals surface area (Å²) < 4.78 is 5.19. The maximum atomic E-state index is 11.6. The Labute approximate surface area is 90.8 Å². The van der Waals surface area contributed by atoms with Crippen molar-refractivity contribution in [2.75, 3.05) is 0 Å². The fourth-order valence-electron chi connectivity index (χ4n) is 1.93. The van der Waals surface area contributed by atoms with Crippen LogP contribution in [-0.2, 0) is 9.53 Å². The highest BCUT2D eigenvalue weighted by Crippen LogP contribution is 2.28. The van der Waals surface area contributed by atoms with Crippen LogP contribution in [0.15, 0.2) is 0 Å². The van der Waals surface area contributed by atoms with Crippen LogP contribution in [0.5, 0.6) is 0 Å². The van der Waals surface area contributed by atoms with Crippen molar-refractivity contribution >= 4 is 5.97 Å². The molecular formula is C11H21NO3. The Kier molecular flexibility index (Phi) is 3.73. The van der Waals surface area contributed by atoms with Gasteiger partial charge in [0, 0.05) is 5.92 Å². The van der Waals surface area contributed by atoms with Gasteiger partial charge in [-0.1, -0.05) is 6.42 Å². The number of ether oxygens (including phenoxy) is 1. The third-order valence-corrected chi connectivity index (χ3v) is 2.67. The molecule has 4 nitrogen and oxygen atoms in total. The molecule has 1 aliphatic rings. The number of carbonyl (C=O) groups excluding carboxylic acids is 1. The van der Waals surface area contributed by atoms with E-state index in [2.05, 4.69) is 0 Å². The Morgan fingerprint density at radius 3 is 2.47 bits per heavy atom. The lowest BCUT2D eigenvalue weighted by atomic mass is 9.97. The normalized spacial score (nSPS) is 28.9. The van der Waals surface area contributed by atoms with Gasteiger partial charge in [0.15, 0.2) is 0 Å². The second kappa shape index (κ2) is 4.49. The molecule has 1 rings (SSSR count). The number of hydrogen-bond donors (Lipinski definition) is 2. The highest BCUT2D eigenvalue weighted by molar-refractivity contribution is 5.76. The molecule has 1 saturated carbocycles. The lowest BCUT2D eigenvalue weighted by molar-refractivity contribution is -0.158. The van der Waals surface area contributed by atoms with Crippen LogP contribution >= 0.6 is 0 Å². The Bertz CT molecular complexity index is 234. The molecule has 4 heteroatoms. The summed E-state index contributed by atoms with van der Waals surface area (Å²) in [7, 11) is 0. The summed E-state index contributed by atoms with van der Waals surface area (Å²) in [4.78, 5) is 11.6. The molecule has 0 heterocycles. The molecule has 0 amide bonds. The molecule has 0 aliphatic heterocycles. The van der Waals surface area contributed by atoms with Crippen molar-refractivity contribution in [3.8, 4) is 0 Å². The largest absolute Gasteiger partial charge is 0.459 e. The lowest BCUT2D eigenvalue weighted by Crippen LogP contribution is -2.45. The van der Waals surface area contributed by atoms with E-state index in [1.165, 1.54) is 0 Å². The molecule has 0 aromatic carbocycles. The molecule has 0 bridgehead atoms. The number of hydrogen-bond acceptors (Lipinski definition) is 4. The van der Waals surface area contributed by atoms with E-state index in [1.54, 1.807) is 0 Å². The van der Waals surface area contributed by atoms with Gasteiger partial charge < -0.3 is 15.6 Å². The second-order valence-electron chi connectivity index (χ2n) is 5.22. The van der Waals surface area contributed by atoms with Crippen LogP contribution in [0, 0.1) is 5.92 Å². The minimum Gasteiger partial charge on any atom is -0.459 e. The molecule has 0 spiro atoms. The Balaban J connectivity index is 2.52. The minimum absolute atomic E-state index is 0.139. The average molecular weight is 215 g/mol. The van der Waals surface area contributed by atoms with Crippen molar-refractivity contribution in [3.63, 3.8) is 0 Å². The molecule has 0 radical (unpaired) electrons. The van der Waals surface area contributed by atoms with Crippen LogP contribution in [0.25, 0.3) is 0 Å². The fraction of sp³-hybridized carbons (Fsp3) is 0.909. The SMILES string of the molecule is CC(C)(C)OC(=O)C(N)[C@@H]1CCC[C@H]1O. The van der Waals surface area contributed by atoms with Crippen molar-refractivity contribution < 1.29 is 14.6 Å². The monoisotopic (exact) mass is 215 g/mol. The molecule has 0 saturated heterocycles. The van der Waals surface area contributed by atoms with Crippen LogP contribution in [-0.4, -0.2) is 28.8 Å². The van der Waals surface area contributed by atoms with Crippen LogP contribution < -0.4 is 5.73 Å². The third kappa shape index (κ3) is 3.47. The standard InChI is InChI=1S/C11H21NO3/c1-11(2,3)15-10(14)9(12)7-5-4-6-8(7)13/h7-9,13H,4-6,12H2,1-3H3/t7-,8-,9?/m1/s1. The lowest BCUT2D eigenvalue weighted by Gasteiger charge is -2.26. The summed E-state index contributed by atoms with van der Waals surface area (Å²) in [5.41, 5.74) is 5.27.